The first-order valence-corrected chi connectivity index (χ1v) is 8.11. The molecule has 0 saturated heterocycles. The summed E-state index contributed by atoms with van der Waals surface area (Å²) in [6.45, 7) is 2.81. The monoisotopic (exact) mass is 332 g/mol. The van der Waals surface area contributed by atoms with Crippen LogP contribution in [0, 0.1) is 0 Å². The number of ether oxygens (including phenoxy) is 2. The zero-order valence-corrected chi connectivity index (χ0v) is 14.4. The maximum atomic E-state index is 11.7. The fourth-order valence-corrected chi connectivity index (χ4v) is 2.27. The summed E-state index contributed by atoms with van der Waals surface area (Å²) in [4.78, 5) is 16.0. The van der Waals surface area contributed by atoms with Crippen LogP contribution in [-0.2, 0) is 11.2 Å². The second-order valence-corrected chi connectivity index (χ2v) is 5.39. The summed E-state index contributed by atoms with van der Waals surface area (Å²) < 4.78 is 16.3. The van der Waals surface area contributed by atoms with E-state index in [0.29, 0.717) is 36.0 Å². The summed E-state index contributed by atoms with van der Waals surface area (Å²) in [6, 6.07) is 5.49. The molecule has 1 N–H and O–H groups in total. The molecule has 2 aromatic rings. The SMILES string of the molecule is CCCCNC(=O)CCc1ncc(-c2ccc(OC)cc2OC)o1. The van der Waals surface area contributed by atoms with Crippen LogP contribution in [0.4, 0.5) is 0 Å². The van der Waals surface area contributed by atoms with Gasteiger partial charge in [-0.05, 0) is 18.6 Å². The Bertz CT molecular complexity index is 667. The first kappa shape index (κ1) is 17.8. The van der Waals surface area contributed by atoms with Gasteiger partial charge >= 0.3 is 0 Å². The number of hydrogen-bond donors (Lipinski definition) is 1. The number of amides is 1. The van der Waals surface area contributed by atoms with Gasteiger partial charge in [-0.25, -0.2) is 4.98 Å². The van der Waals surface area contributed by atoms with Gasteiger partial charge in [0.1, 0.15) is 11.5 Å². The Morgan fingerprint density at radius 3 is 2.83 bits per heavy atom. The molecular weight excluding hydrogens is 308 g/mol. The number of rotatable bonds is 9. The molecule has 130 valence electrons. The van der Waals surface area contributed by atoms with Gasteiger partial charge in [-0.15, -0.1) is 0 Å². The Morgan fingerprint density at radius 2 is 2.12 bits per heavy atom. The molecule has 0 fully saturated rings. The Balaban J connectivity index is 1.99. The van der Waals surface area contributed by atoms with Crippen LogP contribution in [0.3, 0.4) is 0 Å². The van der Waals surface area contributed by atoms with E-state index in [1.807, 2.05) is 12.1 Å². The highest BCUT2D eigenvalue weighted by Gasteiger charge is 2.13. The molecule has 6 nitrogen and oxygen atoms in total. The number of hydrogen-bond acceptors (Lipinski definition) is 5. The maximum absolute atomic E-state index is 11.7. The average molecular weight is 332 g/mol. The molecule has 1 aromatic heterocycles. The van der Waals surface area contributed by atoms with Crippen molar-refractivity contribution in [1.29, 1.82) is 0 Å². The molecule has 24 heavy (non-hydrogen) atoms. The molecule has 1 aromatic carbocycles. The van der Waals surface area contributed by atoms with Crippen LogP contribution in [-0.4, -0.2) is 31.7 Å². The van der Waals surface area contributed by atoms with Crippen LogP contribution in [0.15, 0.2) is 28.8 Å². The fourth-order valence-electron chi connectivity index (χ4n) is 2.27. The lowest BCUT2D eigenvalue weighted by atomic mass is 10.1. The second kappa shape index (κ2) is 8.96. The lowest BCUT2D eigenvalue weighted by molar-refractivity contribution is -0.121. The number of benzene rings is 1. The topological polar surface area (TPSA) is 73.6 Å². The summed E-state index contributed by atoms with van der Waals surface area (Å²) >= 11 is 0. The van der Waals surface area contributed by atoms with Gasteiger partial charge in [0, 0.05) is 25.5 Å². The zero-order valence-electron chi connectivity index (χ0n) is 14.4. The van der Waals surface area contributed by atoms with Crippen LogP contribution < -0.4 is 14.8 Å². The van der Waals surface area contributed by atoms with Gasteiger partial charge in [-0.3, -0.25) is 4.79 Å². The van der Waals surface area contributed by atoms with Gasteiger partial charge in [0.2, 0.25) is 5.91 Å². The number of oxazole rings is 1. The van der Waals surface area contributed by atoms with E-state index >= 15 is 0 Å². The van der Waals surface area contributed by atoms with Crippen LogP contribution in [0.5, 0.6) is 11.5 Å². The van der Waals surface area contributed by atoms with Crippen molar-refractivity contribution in [1.82, 2.24) is 10.3 Å². The van der Waals surface area contributed by atoms with E-state index in [4.69, 9.17) is 13.9 Å². The van der Waals surface area contributed by atoms with Crippen molar-refractivity contribution >= 4 is 5.91 Å². The number of methoxy groups -OCH3 is 2. The predicted octanol–water partition coefficient (Wildman–Crippen LogP) is 3.21. The molecule has 1 heterocycles. The third-order valence-corrected chi connectivity index (χ3v) is 3.65. The molecule has 0 unspecified atom stereocenters. The summed E-state index contributed by atoms with van der Waals surface area (Å²) in [5, 5.41) is 2.88. The maximum Gasteiger partial charge on any atom is 0.220 e. The average Bonchev–Trinajstić information content (AvgIpc) is 3.08. The van der Waals surface area contributed by atoms with E-state index in [0.717, 1.165) is 24.9 Å². The van der Waals surface area contributed by atoms with E-state index in [-0.39, 0.29) is 5.91 Å². The van der Waals surface area contributed by atoms with Gasteiger partial charge in [-0.1, -0.05) is 13.3 Å². The van der Waals surface area contributed by atoms with E-state index in [1.54, 1.807) is 26.5 Å². The van der Waals surface area contributed by atoms with E-state index < -0.39 is 0 Å². The molecule has 0 aliphatic heterocycles. The van der Waals surface area contributed by atoms with Crippen LogP contribution in [0.25, 0.3) is 11.3 Å². The van der Waals surface area contributed by atoms with Gasteiger partial charge < -0.3 is 19.2 Å². The third-order valence-electron chi connectivity index (χ3n) is 3.65. The molecule has 1 amide bonds. The fraction of sp³-hybridized carbons (Fsp3) is 0.444. The number of aryl methyl sites for hydroxylation is 1. The predicted molar refractivity (Wildman–Crippen MR) is 91.3 cm³/mol. The summed E-state index contributed by atoms with van der Waals surface area (Å²) in [6.07, 6.45) is 4.54. The van der Waals surface area contributed by atoms with Crippen LogP contribution in [0.1, 0.15) is 32.1 Å². The first-order chi connectivity index (χ1) is 11.7. The summed E-state index contributed by atoms with van der Waals surface area (Å²) in [5.74, 6) is 2.52. The minimum atomic E-state index is 0.0187. The van der Waals surface area contributed by atoms with E-state index in [9.17, 15) is 4.79 Å². The highest BCUT2D eigenvalue weighted by Crippen LogP contribution is 2.33. The van der Waals surface area contributed by atoms with Crippen molar-refractivity contribution in [3.8, 4) is 22.8 Å². The lowest BCUT2D eigenvalue weighted by Gasteiger charge is -2.08. The van der Waals surface area contributed by atoms with Gasteiger partial charge in [0.25, 0.3) is 0 Å². The minimum absolute atomic E-state index is 0.0187. The van der Waals surface area contributed by atoms with Crippen molar-refractivity contribution in [3.05, 3.63) is 30.3 Å². The first-order valence-electron chi connectivity index (χ1n) is 8.11. The number of unbranched alkanes of at least 4 members (excludes halogenated alkanes) is 1. The lowest BCUT2D eigenvalue weighted by Crippen LogP contribution is -2.24. The zero-order chi connectivity index (χ0) is 17.4. The van der Waals surface area contributed by atoms with Gasteiger partial charge in [-0.2, -0.15) is 0 Å². The number of aromatic nitrogens is 1. The normalized spacial score (nSPS) is 10.5. The largest absolute Gasteiger partial charge is 0.497 e. The molecule has 0 aliphatic carbocycles. The molecule has 0 saturated carbocycles. The van der Waals surface area contributed by atoms with E-state index in [1.165, 1.54) is 0 Å². The molecule has 0 spiro atoms. The van der Waals surface area contributed by atoms with Crippen molar-refractivity contribution in [2.45, 2.75) is 32.6 Å². The quantitative estimate of drug-likeness (QED) is 0.714. The molecule has 0 atom stereocenters. The Kier molecular flexibility index (Phi) is 6.66. The van der Waals surface area contributed by atoms with Gasteiger partial charge in [0.15, 0.2) is 11.7 Å². The van der Waals surface area contributed by atoms with Crippen molar-refractivity contribution in [3.63, 3.8) is 0 Å². The molecule has 0 radical (unpaired) electrons. The smallest absolute Gasteiger partial charge is 0.220 e. The number of nitrogens with one attached hydrogen (secondary N) is 1. The molecule has 6 heteroatoms. The Morgan fingerprint density at radius 1 is 1.29 bits per heavy atom. The van der Waals surface area contributed by atoms with Gasteiger partial charge in [0.05, 0.1) is 26.0 Å². The summed E-state index contributed by atoms with van der Waals surface area (Å²) in [7, 11) is 3.20. The highest BCUT2D eigenvalue weighted by molar-refractivity contribution is 5.76. The Labute approximate surface area is 142 Å². The van der Waals surface area contributed by atoms with Crippen LogP contribution in [0.2, 0.25) is 0 Å². The third kappa shape index (κ3) is 4.75. The second-order valence-electron chi connectivity index (χ2n) is 5.39. The molecular formula is C18H24N2O4. The molecule has 0 aliphatic rings. The van der Waals surface area contributed by atoms with E-state index in [2.05, 4.69) is 17.2 Å². The number of carbonyl (C=O) groups excluding carboxylic acids is 1. The van der Waals surface area contributed by atoms with Crippen molar-refractivity contribution in [2.24, 2.45) is 0 Å². The number of nitrogens with zero attached hydrogens (tertiary/aromatic N) is 1. The molecule has 2 rings (SSSR count). The van der Waals surface area contributed by atoms with Crippen LogP contribution >= 0.6 is 0 Å². The van der Waals surface area contributed by atoms with Crippen molar-refractivity contribution in [2.75, 3.05) is 20.8 Å². The minimum Gasteiger partial charge on any atom is -0.497 e. The number of carbonyl (C=O) groups is 1. The molecule has 0 bridgehead atoms. The summed E-state index contributed by atoms with van der Waals surface area (Å²) in [5.41, 5.74) is 0.796. The Hall–Kier alpha value is -2.50. The van der Waals surface area contributed by atoms with Crippen molar-refractivity contribution < 1.29 is 18.7 Å². The highest BCUT2D eigenvalue weighted by atomic mass is 16.5. The standard InChI is InChI=1S/C18H24N2O4/c1-4-5-10-19-17(21)8-9-18-20-12-16(24-18)14-7-6-13(22-2)11-15(14)23-3/h6-7,11-12H,4-5,8-10H2,1-3H3,(H,19,21).